The van der Waals surface area contributed by atoms with Crippen molar-refractivity contribution in [1.82, 2.24) is 14.5 Å². The molecule has 0 unspecified atom stereocenters. The van der Waals surface area contributed by atoms with Crippen LogP contribution in [-0.2, 0) is 5.75 Å². The lowest BCUT2D eigenvalue weighted by molar-refractivity contribution is 0.626. The molecule has 0 atom stereocenters. The summed E-state index contributed by atoms with van der Waals surface area (Å²) in [6.45, 7) is 0. The van der Waals surface area contributed by atoms with Crippen LogP contribution < -0.4 is 0 Å². The number of benzene rings is 3. The summed E-state index contributed by atoms with van der Waals surface area (Å²) in [7, 11) is 0. The van der Waals surface area contributed by atoms with E-state index in [4.69, 9.17) is 0 Å². The Balaban J connectivity index is 1.65. The molecule has 0 aliphatic rings. The van der Waals surface area contributed by atoms with E-state index in [-0.39, 0.29) is 5.82 Å². The van der Waals surface area contributed by atoms with E-state index in [0.29, 0.717) is 5.75 Å². The molecule has 5 aromatic rings. The van der Waals surface area contributed by atoms with Crippen molar-refractivity contribution in [1.29, 1.82) is 0 Å². The summed E-state index contributed by atoms with van der Waals surface area (Å²) in [5.74, 6) is 0.412. The molecule has 0 N–H and O–H groups in total. The van der Waals surface area contributed by atoms with Gasteiger partial charge < -0.3 is 4.57 Å². The van der Waals surface area contributed by atoms with Crippen LogP contribution in [0.1, 0.15) is 5.56 Å². The van der Waals surface area contributed by atoms with Crippen molar-refractivity contribution in [3.63, 3.8) is 0 Å². The maximum atomic E-state index is 13.6. The first-order valence-electron chi connectivity index (χ1n) is 9.64. The second-order valence-corrected chi connectivity index (χ2v) is 7.87. The minimum absolute atomic E-state index is 0.221. The van der Waals surface area contributed by atoms with Gasteiger partial charge in [-0.15, -0.1) is 11.8 Å². The van der Waals surface area contributed by atoms with E-state index < -0.39 is 0 Å². The van der Waals surface area contributed by atoms with E-state index in [1.165, 1.54) is 6.07 Å². The van der Waals surface area contributed by atoms with E-state index in [9.17, 15) is 4.39 Å². The first-order valence-corrected chi connectivity index (χ1v) is 10.6. The Morgan fingerprint density at radius 3 is 2.37 bits per heavy atom. The van der Waals surface area contributed by atoms with E-state index in [2.05, 4.69) is 45.0 Å². The van der Waals surface area contributed by atoms with Crippen LogP contribution in [0.4, 0.5) is 4.39 Å². The van der Waals surface area contributed by atoms with Crippen molar-refractivity contribution in [2.75, 3.05) is 0 Å². The first kappa shape index (κ1) is 18.6. The molecule has 0 bridgehead atoms. The van der Waals surface area contributed by atoms with Gasteiger partial charge in [-0.05, 0) is 35.4 Å². The van der Waals surface area contributed by atoms with Gasteiger partial charge in [0, 0.05) is 23.2 Å². The van der Waals surface area contributed by atoms with Crippen LogP contribution in [0.25, 0.3) is 27.8 Å². The number of fused-ring (bicyclic) bond motifs is 1. The van der Waals surface area contributed by atoms with Crippen molar-refractivity contribution < 1.29 is 4.39 Å². The van der Waals surface area contributed by atoms with Crippen molar-refractivity contribution >= 4 is 22.8 Å². The number of hydrogen-bond donors (Lipinski definition) is 0. The predicted octanol–water partition coefficient (Wildman–Crippen LogP) is 6.52. The van der Waals surface area contributed by atoms with Crippen molar-refractivity contribution in [3.05, 3.63) is 109 Å². The summed E-state index contributed by atoms with van der Waals surface area (Å²) in [4.78, 5) is 9.19. The average molecular weight is 412 g/mol. The maximum Gasteiger partial charge on any atom is 0.149 e. The third-order valence-corrected chi connectivity index (χ3v) is 5.99. The summed E-state index contributed by atoms with van der Waals surface area (Å²) in [5, 5.41) is 1.90. The molecule has 3 aromatic carbocycles. The second kappa shape index (κ2) is 8.13. The van der Waals surface area contributed by atoms with Crippen molar-refractivity contribution in [2.24, 2.45) is 0 Å². The summed E-state index contributed by atoms with van der Waals surface area (Å²) < 4.78 is 15.7. The fourth-order valence-electron chi connectivity index (χ4n) is 3.54. The summed E-state index contributed by atoms with van der Waals surface area (Å²) in [5.41, 5.74) is 5.02. The molecule has 5 rings (SSSR count). The van der Waals surface area contributed by atoms with Crippen LogP contribution in [0.3, 0.4) is 0 Å². The number of para-hydroxylation sites is 1. The zero-order chi connectivity index (χ0) is 20.3. The molecule has 0 fully saturated rings. The highest BCUT2D eigenvalue weighted by molar-refractivity contribution is 7.98. The van der Waals surface area contributed by atoms with Crippen LogP contribution >= 0.6 is 11.8 Å². The fourth-order valence-corrected chi connectivity index (χ4v) is 4.49. The van der Waals surface area contributed by atoms with E-state index >= 15 is 0 Å². The largest absolute Gasteiger partial charge is 0.301 e. The smallest absolute Gasteiger partial charge is 0.149 e. The third-order valence-electron chi connectivity index (χ3n) is 4.93. The van der Waals surface area contributed by atoms with Gasteiger partial charge in [-0.1, -0.05) is 60.7 Å². The minimum Gasteiger partial charge on any atom is -0.301 e. The molecule has 0 radical (unpaired) electrons. The average Bonchev–Trinajstić information content (AvgIpc) is 3.19. The molecule has 30 heavy (non-hydrogen) atoms. The molecule has 146 valence electrons. The molecule has 0 amide bonds. The lowest BCUT2D eigenvalue weighted by Gasteiger charge is -2.06. The standard InChI is InChI=1S/C25H18FN3S/c26-20-11-7-8-18(14-20)16-30-25-23-22(19-9-3-1-4-10-19)15-29(24(23)27-17-28-25)21-12-5-2-6-13-21/h1-15,17H,16H2. The third kappa shape index (κ3) is 3.60. The first-order chi connectivity index (χ1) is 14.8. The maximum absolute atomic E-state index is 13.6. The van der Waals surface area contributed by atoms with Gasteiger partial charge in [-0.2, -0.15) is 0 Å². The Morgan fingerprint density at radius 1 is 0.833 bits per heavy atom. The SMILES string of the molecule is Fc1cccc(CSc2ncnc3c2c(-c2ccccc2)cn3-c2ccccc2)c1. The van der Waals surface area contributed by atoms with Gasteiger partial charge in [-0.3, -0.25) is 0 Å². The second-order valence-electron chi connectivity index (χ2n) is 6.91. The topological polar surface area (TPSA) is 30.7 Å². The predicted molar refractivity (Wildman–Crippen MR) is 120 cm³/mol. The Kier molecular flexibility index (Phi) is 5.03. The molecule has 0 spiro atoms. The lowest BCUT2D eigenvalue weighted by Crippen LogP contribution is -1.94. The Bertz CT molecular complexity index is 1300. The molecular weight excluding hydrogens is 393 g/mol. The zero-order valence-corrected chi connectivity index (χ0v) is 16.9. The summed E-state index contributed by atoms with van der Waals surface area (Å²) in [6.07, 6.45) is 3.72. The highest BCUT2D eigenvalue weighted by atomic mass is 32.2. The molecule has 0 aliphatic heterocycles. The Morgan fingerprint density at radius 2 is 1.60 bits per heavy atom. The number of halogens is 1. The van der Waals surface area contributed by atoms with Gasteiger partial charge in [-0.25, -0.2) is 14.4 Å². The van der Waals surface area contributed by atoms with Gasteiger partial charge in [0.15, 0.2) is 0 Å². The molecule has 0 aliphatic carbocycles. The Hall–Kier alpha value is -3.44. The molecule has 2 heterocycles. The van der Waals surface area contributed by atoms with Gasteiger partial charge in [0.1, 0.15) is 22.8 Å². The normalized spacial score (nSPS) is 11.1. The van der Waals surface area contributed by atoms with Crippen LogP contribution in [-0.4, -0.2) is 14.5 Å². The highest BCUT2D eigenvalue weighted by Gasteiger charge is 2.17. The zero-order valence-electron chi connectivity index (χ0n) is 16.1. The van der Waals surface area contributed by atoms with E-state index in [1.54, 1.807) is 30.2 Å². The van der Waals surface area contributed by atoms with Gasteiger partial charge in [0.2, 0.25) is 0 Å². The van der Waals surface area contributed by atoms with Gasteiger partial charge in [0.05, 0.1) is 5.39 Å². The number of hydrogen-bond acceptors (Lipinski definition) is 3. The number of nitrogens with zero attached hydrogens (tertiary/aromatic N) is 3. The number of aromatic nitrogens is 3. The number of thioether (sulfide) groups is 1. The highest BCUT2D eigenvalue weighted by Crippen LogP contribution is 2.37. The van der Waals surface area contributed by atoms with Crippen LogP contribution in [0, 0.1) is 5.82 Å². The lowest BCUT2D eigenvalue weighted by atomic mass is 10.1. The quantitative estimate of drug-likeness (QED) is 0.244. The summed E-state index contributed by atoms with van der Waals surface area (Å²) in [6, 6.07) is 27.1. The fraction of sp³-hybridized carbons (Fsp3) is 0.0400. The summed E-state index contributed by atoms with van der Waals surface area (Å²) >= 11 is 1.60. The van der Waals surface area contributed by atoms with Crippen molar-refractivity contribution in [2.45, 2.75) is 10.8 Å². The minimum atomic E-state index is -0.221. The van der Waals surface area contributed by atoms with Crippen LogP contribution in [0.5, 0.6) is 0 Å². The Labute approximate surface area is 178 Å². The molecule has 3 nitrogen and oxygen atoms in total. The van der Waals surface area contributed by atoms with E-state index in [1.807, 2.05) is 42.5 Å². The van der Waals surface area contributed by atoms with Crippen LogP contribution in [0.15, 0.2) is 102 Å². The monoisotopic (exact) mass is 411 g/mol. The molecule has 5 heteroatoms. The molecular formula is C25H18FN3S. The van der Waals surface area contributed by atoms with Gasteiger partial charge in [0.25, 0.3) is 0 Å². The van der Waals surface area contributed by atoms with E-state index in [0.717, 1.165) is 38.4 Å². The molecule has 0 saturated carbocycles. The molecule has 0 saturated heterocycles. The van der Waals surface area contributed by atoms with Gasteiger partial charge >= 0.3 is 0 Å². The molecule has 2 aromatic heterocycles. The van der Waals surface area contributed by atoms with Crippen LogP contribution in [0.2, 0.25) is 0 Å². The number of rotatable bonds is 5. The van der Waals surface area contributed by atoms with Crippen molar-refractivity contribution in [3.8, 4) is 16.8 Å².